The van der Waals surface area contributed by atoms with Gasteiger partial charge in [0.05, 0.1) is 5.69 Å². The Morgan fingerprint density at radius 1 is 1.07 bits per heavy atom. The first-order valence-electron chi connectivity index (χ1n) is 8.79. The van der Waals surface area contributed by atoms with E-state index in [2.05, 4.69) is 33.9 Å². The summed E-state index contributed by atoms with van der Waals surface area (Å²) in [6.07, 6.45) is 6.81. The molecule has 0 fully saturated rings. The molecular weight excluding hydrogens is 402 g/mol. The lowest BCUT2D eigenvalue weighted by atomic mass is 10.1. The maximum atomic E-state index is 13.0. The molecule has 0 radical (unpaired) electrons. The summed E-state index contributed by atoms with van der Waals surface area (Å²) in [4.78, 5) is 22.0. The first-order chi connectivity index (χ1) is 13.1. The van der Waals surface area contributed by atoms with Crippen molar-refractivity contribution >= 4 is 21.5 Å². The first kappa shape index (κ1) is 19.0. The summed E-state index contributed by atoms with van der Waals surface area (Å²) in [6.45, 7) is 4.01. The molecule has 0 aliphatic heterocycles. The molecule has 0 spiro atoms. The van der Waals surface area contributed by atoms with Crippen molar-refractivity contribution < 1.29 is 0 Å². The summed E-state index contributed by atoms with van der Waals surface area (Å²) in [5.74, 6) is 1.01. The number of aromatic nitrogens is 3. The third-order valence-electron chi connectivity index (χ3n) is 3.96. The summed E-state index contributed by atoms with van der Waals surface area (Å²) in [7, 11) is 0. The Balaban J connectivity index is 2.30. The molecule has 0 saturated carbocycles. The van der Waals surface area contributed by atoms with Crippen LogP contribution < -0.4 is 5.69 Å². The van der Waals surface area contributed by atoms with Crippen molar-refractivity contribution in [3.05, 3.63) is 93.6 Å². The van der Waals surface area contributed by atoms with Crippen LogP contribution in [0.1, 0.15) is 26.1 Å². The molecule has 4 nitrogen and oxygen atoms in total. The van der Waals surface area contributed by atoms with Crippen molar-refractivity contribution in [2.45, 2.75) is 20.3 Å². The van der Waals surface area contributed by atoms with Crippen molar-refractivity contribution in [3.8, 4) is 17.1 Å². The van der Waals surface area contributed by atoms with E-state index in [0.29, 0.717) is 11.6 Å². The average molecular weight is 422 g/mol. The molecule has 0 unspecified atom stereocenters. The van der Waals surface area contributed by atoms with Crippen molar-refractivity contribution in [2.75, 3.05) is 0 Å². The second kappa shape index (κ2) is 8.73. The normalized spacial score (nSPS) is 11.9. The zero-order valence-electron chi connectivity index (χ0n) is 15.3. The molecule has 1 heterocycles. The summed E-state index contributed by atoms with van der Waals surface area (Å²) < 4.78 is 2.50. The summed E-state index contributed by atoms with van der Waals surface area (Å²) >= 11 is 3.43. The van der Waals surface area contributed by atoms with E-state index in [-0.39, 0.29) is 5.69 Å². The molecular formula is C22H20BrN3O. The lowest BCUT2D eigenvalue weighted by Gasteiger charge is -2.14. The van der Waals surface area contributed by atoms with Gasteiger partial charge in [-0.15, -0.1) is 0 Å². The highest BCUT2D eigenvalue weighted by Gasteiger charge is 2.15. The Kier molecular flexibility index (Phi) is 6.14. The quantitative estimate of drug-likeness (QED) is 0.516. The van der Waals surface area contributed by atoms with Gasteiger partial charge in [-0.3, -0.25) is 0 Å². The predicted molar refractivity (Wildman–Crippen MR) is 114 cm³/mol. The molecule has 0 saturated heterocycles. The van der Waals surface area contributed by atoms with E-state index in [4.69, 9.17) is 4.98 Å². The number of benzene rings is 2. The van der Waals surface area contributed by atoms with E-state index in [1.54, 1.807) is 4.57 Å². The predicted octanol–water partition coefficient (Wildman–Crippen LogP) is 5.43. The minimum absolute atomic E-state index is 0.354. The standard InChI is InChI=1S/C22H20BrN3O/c1-3-8-17(9-4-2)21-24-20(16-10-6-5-7-11-16)25-22(27)26(21)19-14-12-18(23)13-15-19/h3,5-15H,4H2,1-2H3/b8-3-,17-9+. The topological polar surface area (TPSA) is 47.8 Å². The van der Waals surface area contributed by atoms with Crippen molar-refractivity contribution in [1.29, 1.82) is 0 Å². The van der Waals surface area contributed by atoms with E-state index in [1.807, 2.05) is 73.7 Å². The van der Waals surface area contributed by atoms with Gasteiger partial charge in [-0.25, -0.2) is 14.3 Å². The molecule has 3 aromatic rings. The van der Waals surface area contributed by atoms with E-state index < -0.39 is 0 Å². The van der Waals surface area contributed by atoms with Crippen LogP contribution in [0.5, 0.6) is 0 Å². The Labute approximate surface area is 167 Å². The van der Waals surface area contributed by atoms with Crippen LogP contribution in [0.3, 0.4) is 0 Å². The number of nitrogens with zero attached hydrogens (tertiary/aromatic N) is 3. The van der Waals surface area contributed by atoms with Gasteiger partial charge in [-0.1, -0.05) is 71.4 Å². The van der Waals surface area contributed by atoms with Crippen LogP contribution in [-0.4, -0.2) is 14.5 Å². The highest BCUT2D eigenvalue weighted by molar-refractivity contribution is 9.10. The SMILES string of the molecule is C/C=C\C(=C/CC)c1nc(-c2ccccc2)nc(=O)n1-c1ccc(Br)cc1. The molecule has 27 heavy (non-hydrogen) atoms. The highest BCUT2D eigenvalue weighted by atomic mass is 79.9. The van der Waals surface area contributed by atoms with Crippen LogP contribution in [0.15, 0.2) is 82.1 Å². The maximum Gasteiger partial charge on any atom is 0.355 e. The fourth-order valence-corrected chi connectivity index (χ4v) is 3.04. The van der Waals surface area contributed by atoms with Gasteiger partial charge < -0.3 is 0 Å². The molecule has 0 aliphatic carbocycles. The number of hydrogen-bond donors (Lipinski definition) is 0. The van der Waals surface area contributed by atoms with Gasteiger partial charge in [-0.05, 0) is 37.6 Å². The zero-order valence-corrected chi connectivity index (χ0v) is 16.8. The molecule has 2 aromatic carbocycles. The van der Waals surface area contributed by atoms with Gasteiger partial charge in [0.2, 0.25) is 0 Å². The lowest BCUT2D eigenvalue weighted by molar-refractivity contribution is 0.844. The zero-order chi connectivity index (χ0) is 19.2. The first-order valence-corrected chi connectivity index (χ1v) is 9.59. The van der Waals surface area contributed by atoms with Crippen molar-refractivity contribution in [3.63, 3.8) is 0 Å². The third-order valence-corrected chi connectivity index (χ3v) is 4.49. The second-order valence-corrected chi connectivity index (χ2v) is 6.81. The third kappa shape index (κ3) is 4.31. The fourth-order valence-electron chi connectivity index (χ4n) is 2.77. The molecule has 0 bridgehead atoms. The highest BCUT2D eigenvalue weighted by Crippen LogP contribution is 2.22. The van der Waals surface area contributed by atoms with Crippen LogP contribution in [0.2, 0.25) is 0 Å². The Hall–Kier alpha value is -2.79. The van der Waals surface area contributed by atoms with Crippen LogP contribution in [0.4, 0.5) is 0 Å². The molecule has 1 aromatic heterocycles. The smallest absolute Gasteiger partial charge is 0.245 e. The van der Waals surface area contributed by atoms with Gasteiger partial charge in [0.1, 0.15) is 0 Å². The Bertz CT molecular complexity index is 1040. The van der Waals surface area contributed by atoms with E-state index in [1.165, 1.54) is 0 Å². The number of hydrogen-bond acceptors (Lipinski definition) is 3. The minimum Gasteiger partial charge on any atom is -0.245 e. The van der Waals surface area contributed by atoms with Gasteiger partial charge in [0.25, 0.3) is 0 Å². The largest absolute Gasteiger partial charge is 0.355 e. The minimum atomic E-state index is -0.354. The van der Waals surface area contributed by atoms with Crippen LogP contribution in [0, 0.1) is 0 Å². The van der Waals surface area contributed by atoms with Gasteiger partial charge in [0.15, 0.2) is 11.6 Å². The fraction of sp³-hybridized carbons (Fsp3) is 0.136. The molecule has 3 rings (SSSR count). The summed E-state index contributed by atoms with van der Waals surface area (Å²) in [5, 5.41) is 0. The average Bonchev–Trinajstić information content (AvgIpc) is 2.69. The molecule has 136 valence electrons. The van der Waals surface area contributed by atoms with Gasteiger partial charge in [0, 0.05) is 15.6 Å². The molecule has 5 heteroatoms. The van der Waals surface area contributed by atoms with Crippen molar-refractivity contribution in [2.24, 2.45) is 0 Å². The molecule has 0 aliphatic rings. The van der Waals surface area contributed by atoms with Crippen LogP contribution >= 0.6 is 15.9 Å². The Morgan fingerprint density at radius 2 is 1.78 bits per heavy atom. The molecule has 0 N–H and O–H groups in total. The number of rotatable bonds is 5. The number of halogens is 1. The molecule has 0 amide bonds. The van der Waals surface area contributed by atoms with E-state index in [0.717, 1.165) is 27.7 Å². The lowest BCUT2D eigenvalue weighted by Crippen LogP contribution is -2.26. The van der Waals surface area contributed by atoms with Crippen LogP contribution in [-0.2, 0) is 0 Å². The van der Waals surface area contributed by atoms with Gasteiger partial charge in [-0.2, -0.15) is 4.98 Å². The maximum absolute atomic E-state index is 13.0. The summed E-state index contributed by atoms with van der Waals surface area (Å²) in [6, 6.07) is 17.1. The summed E-state index contributed by atoms with van der Waals surface area (Å²) in [5.41, 5.74) is 2.08. The van der Waals surface area contributed by atoms with Crippen LogP contribution in [0.25, 0.3) is 22.6 Å². The number of allylic oxidation sites excluding steroid dienone is 4. The van der Waals surface area contributed by atoms with E-state index in [9.17, 15) is 4.79 Å². The molecule has 0 atom stereocenters. The Morgan fingerprint density at radius 3 is 2.41 bits per heavy atom. The monoisotopic (exact) mass is 421 g/mol. The second-order valence-electron chi connectivity index (χ2n) is 5.90. The van der Waals surface area contributed by atoms with E-state index >= 15 is 0 Å². The van der Waals surface area contributed by atoms with Gasteiger partial charge >= 0.3 is 5.69 Å². The van der Waals surface area contributed by atoms with Crippen molar-refractivity contribution in [1.82, 2.24) is 14.5 Å².